The first-order valence-electron chi connectivity index (χ1n) is 7.04. The van der Waals surface area contributed by atoms with Gasteiger partial charge in [0.25, 0.3) is 11.5 Å². The number of anilines is 1. The van der Waals surface area contributed by atoms with E-state index in [4.69, 9.17) is 10.00 Å². The Kier molecular flexibility index (Phi) is 5.28. The van der Waals surface area contributed by atoms with Gasteiger partial charge >= 0.3 is 0 Å². The Morgan fingerprint density at radius 1 is 1.30 bits per heavy atom. The average molecular weight is 311 g/mol. The number of ether oxygens (including phenoxy) is 1. The molecule has 0 aliphatic heterocycles. The maximum absolute atomic E-state index is 12.7. The number of aromatic nitrogens is 1. The second-order valence-electron chi connectivity index (χ2n) is 4.97. The molecule has 1 aromatic heterocycles. The van der Waals surface area contributed by atoms with Crippen LogP contribution in [0.25, 0.3) is 0 Å². The third kappa shape index (κ3) is 3.84. The van der Waals surface area contributed by atoms with Gasteiger partial charge in [-0.15, -0.1) is 0 Å². The Morgan fingerprint density at radius 3 is 2.57 bits per heavy atom. The van der Waals surface area contributed by atoms with Crippen LogP contribution in [0.15, 0.2) is 47.4 Å². The van der Waals surface area contributed by atoms with E-state index in [2.05, 4.69) is 0 Å². The third-order valence-corrected chi connectivity index (χ3v) is 3.42. The first kappa shape index (κ1) is 16.5. The first-order chi connectivity index (χ1) is 11.1. The van der Waals surface area contributed by atoms with Crippen molar-refractivity contribution >= 4 is 11.6 Å². The van der Waals surface area contributed by atoms with Crippen molar-refractivity contribution in [1.82, 2.24) is 4.57 Å². The summed E-state index contributed by atoms with van der Waals surface area (Å²) in [7, 11) is 3.18. The quantitative estimate of drug-likeness (QED) is 0.839. The molecule has 23 heavy (non-hydrogen) atoms. The summed E-state index contributed by atoms with van der Waals surface area (Å²) in [6.07, 6.45) is 1.56. The molecule has 0 saturated carbocycles. The van der Waals surface area contributed by atoms with Gasteiger partial charge in [0.05, 0.1) is 18.2 Å². The molecular weight excluding hydrogens is 294 g/mol. The molecule has 118 valence electrons. The third-order valence-electron chi connectivity index (χ3n) is 3.42. The highest BCUT2D eigenvalue weighted by atomic mass is 16.5. The number of nitriles is 1. The van der Waals surface area contributed by atoms with Gasteiger partial charge in [0, 0.05) is 44.2 Å². The number of carbonyl (C=O) groups excluding carboxylic acids is 1. The Bertz CT molecular complexity index is 788. The van der Waals surface area contributed by atoms with Crippen LogP contribution in [0.1, 0.15) is 15.9 Å². The Hall–Kier alpha value is -2.91. The van der Waals surface area contributed by atoms with Crippen molar-refractivity contribution in [3.63, 3.8) is 0 Å². The lowest BCUT2D eigenvalue weighted by molar-refractivity contribution is 0.0975. The van der Waals surface area contributed by atoms with E-state index in [9.17, 15) is 9.59 Å². The molecule has 0 unspecified atom stereocenters. The first-order valence-corrected chi connectivity index (χ1v) is 7.04. The van der Waals surface area contributed by atoms with Crippen LogP contribution in [0.4, 0.5) is 5.69 Å². The summed E-state index contributed by atoms with van der Waals surface area (Å²) in [6.45, 7) is 0.701. The summed E-state index contributed by atoms with van der Waals surface area (Å²) in [5.74, 6) is -0.288. The molecule has 0 saturated heterocycles. The molecule has 0 radical (unpaired) electrons. The van der Waals surface area contributed by atoms with Gasteiger partial charge in [-0.3, -0.25) is 9.59 Å². The summed E-state index contributed by atoms with van der Waals surface area (Å²) >= 11 is 0. The van der Waals surface area contributed by atoms with Crippen LogP contribution in [0.5, 0.6) is 0 Å². The van der Waals surface area contributed by atoms with E-state index in [-0.39, 0.29) is 11.5 Å². The largest absolute Gasteiger partial charge is 0.383 e. The molecule has 0 spiro atoms. The van der Waals surface area contributed by atoms with Crippen LogP contribution >= 0.6 is 0 Å². The van der Waals surface area contributed by atoms with Crippen LogP contribution in [-0.4, -0.2) is 30.7 Å². The standard InChI is InChI=1S/C17H17N3O3/c1-19-8-7-14(11-16(19)21)17(22)20(9-10-23-2)15-5-3-13(12-18)4-6-15/h3-8,11H,9-10H2,1-2H3. The lowest BCUT2D eigenvalue weighted by Gasteiger charge is -2.22. The molecule has 0 aliphatic rings. The van der Waals surface area contributed by atoms with Gasteiger partial charge in [0.15, 0.2) is 0 Å². The summed E-state index contributed by atoms with van der Waals surface area (Å²) in [4.78, 5) is 26.0. The van der Waals surface area contributed by atoms with E-state index in [1.807, 2.05) is 6.07 Å². The number of benzene rings is 1. The second kappa shape index (κ2) is 7.38. The fourth-order valence-corrected chi connectivity index (χ4v) is 2.08. The zero-order chi connectivity index (χ0) is 16.8. The molecule has 1 amide bonds. The number of hydrogen-bond donors (Lipinski definition) is 0. The number of hydrogen-bond acceptors (Lipinski definition) is 4. The molecule has 0 bridgehead atoms. The zero-order valence-electron chi connectivity index (χ0n) is 13.0. The normalized spacial score (nSPS) is 10.1. The minimum absolute atomic E-state index is 0.248. The number of carbonyl (C=O) groups is 1. The second-order valence-corrected chi connectivity index (χ2v) is 4.97. The number of methoxy groups -OCH3 is 1. The summed E-state index contributed by atoms with van der Waals surface area (Å²) in [6, 6.07) is 11.6. The van der Waals surface area contributed by atoms with Crippen molar-refractivity contribution in [2.24, 2.45) is 7.05 Å². The molecule has 6 heteroatoms. The van der Waals surface area contributed by atoms with E-state index in [0.717, 1.165) is 0 Å². The summed E-state index contributed by atoms with van der Waals surface area (Å²) in [5.41, 5.74) is 1.23. The van der Waals surface area contributed by atoms with E-state index in [0.29, 0.717) is 30.0 Å². The molecular formula is C17H17N3O3. The summed E-state index contributed by atoms with van der Waals surface area (Å²) < 4.78 is 6.46. The van der Waals surface area contributed by atoms with Crippen molar-refractivity contribution in [3.05, 3.63) is 64.1 Å². The van der Waals surface area contributed by atoms with Crippen LogP contribution in [0.2, 0.25) is 0 Å². The number of nitrogens with zero attached hydrogens (tertiary/aromatic N) is 3. The zero-order valence-corrected chi connectivity index (χ0v) is 13.0. The maximum atomic E-state index is 12.7. The van der Waals surface area contributed by atoms with Crippen molar-refractivity contribution in [2.45, 2.75) is 0 Å². The number of aryl methyl sites for hydroxylation is 1. The number of rotatable bonds is 5. The van der Waals surface area contributed by atoms with Crippen molar-refractivity contribution in [3.8, 4) is 6.07 Å². The predicted octanol–water partition coefficient (Wildman–Crippen LogP) is 1.55. The maximum Gasteiger partial charge on any atom is 0.258 e. The highest BCUT2D eigenvalue weighted by Gasteiger charge is 2.18. The van der Waals surface area contributed by atoms with Crippen LogP contribution < -0.4 is 10.5 Å². The fraction of sp³-hybridized carbons (Fsp3) is 0.235. The minimum atomic E-state index is -0.288. The smallest absolute Gasteiger partial charge is 0.258 e. The highest BCUT2D eigenvalue weighted by molar-refractivity contribution is 6.06. The van der Waals surface area contributed by atoms with Crippen LogP contribution in [0, 0.1) is 11.3 Å². The Balaban J connectivity index is 2.36. The predicted molar refractivity (Wildman–Crippen MR) is 86.4 cm³/mol. The Morgan fingerprint density at radius 2 is 2.00 bits per heavy atom. The number of amides is 1. The van der Waals surface area contributed by atoms with Gasteiger partial charge in [-0.1, -0.05) is 0 Å². The molecule has 0 N–H and O–H groups in total. The lowest BCUT2D eigenvalue weighted by Crippen LogP contribution is -2.34. The molecule has 2 rings (SSSR count). The van der Waals surface area contributed by atoms with Gasteiger partial charge in [-0.2, -0.15) is 5.26 Å². The van der Waals surface area contributed by atoms with Gasteiger partial charge in [0.1, 0.15) is 0 Å². The molecule has 2 aromatic rings. The molecule has 0 aliphatic carbocycles. The van der Waals surface area contributed by atoms with Crippen LogP contribution in [-0.2, 0) is 11.8 Å². The topological polar surface area (TPSA) is 75.3 Å². The van der Waals surface area contributed by atoms with Crippen molar-refractivity contribution < 1.29 is 9.53 Å². The van der Waals surface area contributed by atoms with E-state index in [1.165, 1.54) is 15.5 Å². The van der Waals surface area contributed by atoms with E-state index < -0.39 is 0 Å². The summed E-state index contributed by atoms with van der Waals surface area (Å²) in [5, 5.41) is 8.86. The highest BCUT2D eigenvalue weighted by Crippen LogP contribution is 2.17. The average Bonchev–Trinajstić information content (AvgIpc) is 2.58. The molecule has 1 heterocycles. The van der Waals surface area contributed by atoms with Crippen molar-refractivity contribution in [2.75, 3.05) is 25.2 Å². The van der Waals surface area contributed by atoms with E-state index in [1.54, 1.807) is 50.7 Å². The van der Waals surface area contributed by atoms with Crippen LogP contribution in [0.3, 0.4) is 0 Å². The Labute approximate surface area is 134 Å². The van der Waals surface area contributed by atoms with Crippen molar-refractivity contribution in [1.29, 1.82) is 5.26 Å². The number of pyridine rings is 1. The van der Waals surface area contributed by atoms with Gasteiger partial charge in [-0.25, -0.2) is 0 Å². The molecule has 0 fully saturated rings. The fourth-order valence-electron chi connectivity index (χ4n) is 2.08. The molecule has 6 nitrogen and oxygen atoms in total. The molecule has 0 atom stereocenters. The van der Waals surface area contributed by atoms with Gasteiger partial charge in [-0.05, 0) is 30.3 Å². The monoisotopic (exact) mass is 311 g/mol. The van der Waals surface area contributed by atoms with Gasteiger partial charge in [0.2, 0.25) is 0 Å². The lowest BCUT2D eigenvalue weighted by atomic mass is 10.1. The SMILES string of the molecule is COCCN(C(=O)c1ccn(C)c(=O)c1)c1ccc(C#N)cc1. The van der Waals surface area contributed by atoms with E-state index >= 15 is 0 Å². The minimum Gasteiger partial charge on any atom is -0.383 e. The van der Waals surface area contributed by atoms with Gasteiger partial charge < -0.3 is 14.2 Å². The molecule has 1 aromatic carbocycles.